The summed E-state index contributed by atoms with van der Waals surface area (Å²) < 4.78 is 24.4. The predicted molar refractivity (Wildman–Crippen MR) is 174 cm³/mol. The maximum atomic E-state index is 13.4. The first-order valence-electron chi connectivity index (χ1n) is 14.7. The number of hydrogen-bond donors (Lipinski definition) is 2. The predicted octanol–water partition coefficient (Wildman–Crippen LogP) is 5.75. The summed E-state index contributed by atoms with van der Waals surface area (Å²) in [6, 6.07) is 16.3. The molecule has 4 rings (SSSR count). The number of methoxy groups -OCH3 is 1. The Labute approximate surface area is 267 Å². The SMILES string of the molecule is CCOc1cc(C(=O)NCc2nnc(SCC(=O)Nc3ccc(OC)cc3)n2-c2cccc(C)c2C)cc(OCC)c1OCC. The zero-order valence-electron chi connectivity index (χ0n) is 26.4. The number of hydrogen-bond acceptors (Lipinski definition) is 9. The molecule has 0 radical (unpaired) electrons. The number of carbonyl (C=O) groups is 2. The highest BCUT2D eigenvalue weighted by molar-refractivity contribution is 7.99. The Morgan fingerprint density at radius 3 is 2.18 bits per heavy atom. The Balaban J connectivity index is 1.57. The molecule has 1 heterocycles. The van der Waals surface area contributed by atoms with E-state index in [4.69, 9.17) is 18.9 Å². The van der Waals surface area contributed by atoms with E-state index < -0.39 is 0 Å². The first-order chi connectivity index (χ1) is 21.8. The van der Waals surface area contributed by atoms with Crippen LogP contribution in [0.3, 0.4) is 0 Å². The third kappa shape index (κ3) is 8.27. The van der Waals surface area contributed by atoms with Crippen LogP contribution in [-0.4, -0.2) is 59.3 Å². The van der Waals surface area contributed by atoms with Crippen molar-refractivity contribution in [1.82, 2.24) is 20.1 Å². The summed E-state index contributed by atoms with van der Waals surface area (Å²) in [5.74, 6) is 2.11. The molecule has 0 aliphatic heterocycles. The van der Waals surface area contributed by atoms with Crippen molar-refractivity contribution >= 4 is 29.3 Å². The van der Waals surface area contributed by atoms with Crippen LogP contribution in [0.25, 0.3) is 5.69 Å². The number of nitrogens with zero attached hydrogens (tertiary/aromatic N) is 3. The van der Waals surface area contributed by atoms with Gasteiger partial charge in [-0.1, -0.05) is 23.9 Å². The van der Waals surface area contributed by atoms with Crippen molar-refractivity contribution in [2.45, 2.75) is 46.3 Å². The van der Waals surface area contributed by atoms with Gasteiger partial charge in [0, 0.05) is 11.3 Å². The van der Waals surface area contributed by atoms with Gasteiger partial charge in [0.05, 0.1) is 44.9 Å². The van der Waals surface area contributed by atoms with Crippen molar-refractivity contribution in [2.75, 3.05) is 38.0 Å². The molecule has 0 spiro atoms. The maximum absolute atomic E-state index is 13.4. The molecule has 2 amide bonds. The van der Waals surface area contributed by atoms with Gasteiger partial charge in [-0.25, -0.2) is 0 Å². The van der Waals surface area contributed by atoms with E-state index in [2.05, 4.69) is 20.8 Å². The van der Waals surface area contributed by atoms with E-state index in [1.165, 1.54) is 11.8 Å². The highest BCUT2D eigenvalue weighted by Gasteiger charge is 2.21. The third-order valence-electron chi connectivity index (χ3n) is 6.80. The van der Waals surface area contributed by atoms with Crippen molar-refractivity contribution in [2.24, 2.45) is 0 Å². The molecule has 0 unspecified atom stereocenters. The van der Waals surface area contributed by atoms with Gasteiger partial charge < -0.3 is 29.6 Å². The normalized spacial score (nSPS) is 10.7. The molecule has 0 saturated heterocycles. The number of aromatic nitrogens is 3. The minimum Gasteiger partial charge on any atom is -0.497 e. The third-order valence-corrected chi connectivity index (χ3v) is 7.73. The van der Waals surface area contributed by atoms with Gasteiger partial charge in [-0.15, -0.1) is 10.2 Å². The molecule has 0 aliphatic carbocycles. The van der Waals surface area contributed by atoms with Crippen molar-refractivity contribution in [3.05, 3.63) is 77.1 Å². The van der Waals surface area contributed by atoms with Gasteiger partial charge in [-0.3, -0.25) is 14.2 Å². The van der Waals surface area contributed by atoms with E-state index >= 15 is 0 Å². The van der Waals surface area contributed by atoms with E-state index in [1.807, 2.05) is 57.4 Å². The molecule has 12 heteroatoms. The zero-order valence-corrected chi connectivity index (χ0v) is 27.2. The Morgan fingerprint density at radius 2 is 1.56 bits per heavy atom. The Kier molecular flexibility index (Phi) is 11.7. The number of amides is 2. The topological polar surface area (TPSA) is 126 Å². The molecule has 2 N–H and O–H groups in total. The van der Waals surface area contributed by atoms with Crippen LogP contribution >= 0.6 is 11.8 Å². The molecule has 3 aromatic carbocycles. The molecular formula is C33H39N5O6S. The van der Waals surface area contributed by atoms with Crippen molar-refractivity contribution in [1.29, 1.82) is 0 Å². The average molecular weight is 634 g/mol. The van der Waals surface area contributed by atoms with Gasteiger partial charge in [0.2, 0.25) is 11.7 Å². The fourth-order valence-corrected chi connectivity index (χ4v) is 5.27. The molecular weight excluding hydrogens is 594 g/mol. The molecule has 0 saturated carbocycles. The van der Waals surface area contributed by atoms with Gasteiger partial charge in [0.1, 0.15) is 5.75 Å². The van der Waals surface area contributed by atoms with Gasteiger partial charge in [0.15, 0.2) is 22.5 Å². The lowest BCUT2D eigenvalue weighted by atomic mass is 10.1. The number of rotatable bonds is 15. The molecule has 4 aromatic rings. The second kappa shape index (κ2) is 15.8. The van der Waals surface area contributed by atoms with E-state index in [9.17, 15) is 9.59 Å². The number of carbonyl (C=O) groups excluding carboxylic acids is 2. The summed E-state index contributed by atoms with van der Waals surface area (Å²) in [6.07, 6.45) is 0. The molecule has 45 heavy (non-hydrogen) atoms. The fourth-order valence-electron chi connectivity index (χ4n) is 4.51. The fraction of sp³-hybridized carbons (Fsp3) is 0.333. The number of thioether (sulfide) groups is 1. The minimum atomic E-state index is -0.344. The first kappa shape index (κ1) is 33.2. The van der Waals surface area contributed by atoms with Crippen LogP contribution in [0.1, 0.15) is 48.1 Å². The van der Waals surface area contributed by atoms with Crippen molar-refractivity contribution in [3.8, 4) is 28.7 Å². The van der Waals surface area contributed by atoms with Gasteiger partial charge in [-0.05, 0) is 88.2 Å². The molecule has 1 aromatic heterocycles. The van der Waals surface area contributed by atoms with Crippen LogP contribution < -0.4 is 29.6 Å². The van der Waals surface area contributed by atoms with Crippen molar-refractivity contribution in [3.63, 3.8) is 0 Å². The maximum Gasteiger partial charge on any atom is 0.251 e. The quantitative estimate of drug-likeness (QED) is 0.157. The Bertz CT molecular complexity index is 1600. The summed E-state index contributed by atoms with van der Waals surface area (Å²) in [5.41, 5.74) is 4.00. The van der Waals surface area contributed by atoms with Crippen LogP contribution in [0.4, 0.5) is 5.69 Å². The highest BCUT2D eigenvalue weighted by Crippen LogP contribution is 2.39. The van der Waals surface area contributed by atoms with E-state index in [-0.39, 0.29) is 24.1 Å². The number of anilines is 1. The monoisotopic (exact) mass is 633 g/mol. The largest absolute Gasteiger partial charge is 0.497 e. The van der Waals surface area contributed by atoms with Crippen molar-refractivity contribution < 1.29 is 28.5 Å². The van der Waals surface area contributed by atoms with Crippen LogP contribution in [0.5, 0.6) is 23.0 Å². The van der Waals surface area contributed by atoms with Crippen LogP contribution in [0.15, 0.2) is 59.8 Å². The summed E-state index contributed by atoms with van der Waals surface area (Å²) in [7, 11) is 1.59. The molecule has 11 nitrogen and oxygen atoms in total. The molecule has 0 bridgehead atoms. The summed E-state index contributed by atoms with van der Waals surface area (Å²) in [4.78, 5) is 26.2. The standard InChI is InChI=1S/C33H39N5O6S/c1-7-42-27-17-23(18-28(43-8-2)31(27)44-9-3)32(40)34-19-29-36-37-33(38(29)26-12-10-11-21(4)22(26)5)45-20-30(39)35-24-13-15-25(41-6)16-14-24/h10-18H,7-9,19-20H2,1-6H3,(H,34,40)(H,35,39). The van der Waals surface area contributed by atoms with Gasteiger partial charge in [-0.2, -0.15) is 0 Å². The number of benzene rings is 3. The van der Waals surface area contributed by atoms with Crippen LogP contribution in [0.2, 0.25) is 0 Å². The molecule has 0 atom stereocenters. The average Bonchev–Trinajstić information content (AvgIpc) is 3.44. The molecule has 0 aliphatic rings. The number of ether oxygens (including phenoxy) is 4. The summed E-state index contributed by atoms with van der Waals surface area (Å²) >= 11 is 1.26. The second-order valence-electron chi connectivity index (χ2n) is 9.80. The Hall–Kier alpha value is -4.71. The van der Waals surface area contributed by atoms with Gasteiger partial charge >= 0.3 is 0 Å². The second-order valence-corrected chi connectivity index (χ2v) is 10.7. The number of aryl methyl sites for hydroxylation is 1. The lowest BCUT2D eigenvalue weighted by Crippen LogP contribution is -2.25. The Morgan fingerprint density at radius 1 is 0.889 bits per heavy atom. The molecule has 238 valence electrons. The number of nitrogens with one attached hydrogen (secondary N) is 2. The summed E-state index contributed by atoms with van der Waals surface area (Å²) in [5, 5.41) is 15.2. The zero-order chi connectivity index (χ0) is 32.3. The van der Waals surface area contributed by atoms with E-state index in [0.717, 1.165) is 16.8 Å². The van der Waals surface area contributed by atoms with Crippen LogP contribution in [-0.2, 0) is 11.3 Å². The minimum absolute atomic E-state index is 0.0823. The summed E-state index contributed by atoms with van der Waals surface area (Å²) in [6.45, 7) is 10.9. The van der Waals surface area contributed by atoms with Crippen LogP contribution in [0, 0.1) is 13.8 Å². The first-order valence-corrected chi connectivity index (χ1v) is 15.7. The van der Waals surface area contributed by atoms with Gasteiger partial charge in [0.25, 0.3) is 5.91 Å². The lowest BCUT2D eigenvalue weighted by Gasteiger charge is -2.17. The van der Waals surface area contributed by atoms with E-state index in [0.29, 0.717) is 65.1 Å². The lowest BCUT2D eigenvalue weighted by molar-refractivity contribution is -0.113. The molecule has 0 fully saturated rings. The highest BCUT2D eigenvalue weighted by atomic mass is 32.2. The van der Waals surface area contributed by atoms with E-state index in [1.54, 1.807) is 43.5 Å². The smallest absolute Gasteiger partial charge is 0.251 e.